The Morgan fingerprint density at radius 2 is 2.08 bits per heavy atom. The van der Waals surface area contributed by atoms with Crippen molar-refractivity contribution in [3.63, 3.8) is 0 Å². The Bertz CT molecular complexity index is 236. The first-order valence-corrected chi connectivity index (χ1v) is 3.68. The van der Waals surface area contributed by atoms with E-state index in [1.807, 2.05) is 37.3 Å². The molecular formula is C10H15NO. The summed E-state index contributed by atoms with van der Waals surface area (Å²) in [4.78, 5) is 10.9. The molecule has 1 N–H and O–H groups in total. The van der Waals surface area contributed by atoms with E-state index in [0.29, 0.717) is 6.42 Å². The molecule has 2 nitrogen and oxygen atoms in total. The number of hydrogen-bond donors (Lipinski definition) is 1. The number of anilines is 1. The molecule has 0 spiro atoms. The van der Waals surface area contributed by atoms with Crippen LogP contribution >= 0.6 is 0 Å². The highest BCUT2D eigenvalue weighted by Gasteiger charge is 1.95. The highest BCUT2D eigenvalue weighted by molar-refractivity contribution is 5.90. The van der Waals surface area contributed by atoms with Gasteiger partial charge in [-0.05, 0) is 12.1 Å². The van der Waals surface area contributed by atoms with Crippen molar-refractivity contribution < 1.29 is 6.17 Å². The molecule has 0 atom stereocenters. The average molecular weight is 167 g/mol. The van der Waals surface area contributed by atoms with Crippen molar-refractivity contribution in [2.24, 2.45) is 0 Å². The van der Waals surface area contributed by atoms with E-state index in [0.717, 1.165) is 5.69 Å². The fourth-order valence-corrected chi connectivity index (χ4v) is 0.771. The zero-order chi connectivity index (χ0) is 10.1. The lowest BCUT2D eigenvalue weighted by Gasteiger charge is -2.00. The van der Waals surface area contributed by atoms with E-state index in [9.17, 15) is 4.79 Å². The molecule has 0 fully saturated rings. The maximum atomic E-state index is 10.9. The molecule has 0 unspecified atom stereocenters. The molecule has 1 amide bonds. The molecule has 0 heterocycles. The number of carbonyl (C=O) groups excluding carboxylic acids is 1. The molecule has 0 aliphatic heterocycles. The molecule has 1 aromatic rings. The lowest BCUT2D eigenvalue weighted by atomic mass is 10.3. The molecule has 0 saturated heterocycles. The van der Waals surface area contributed by atoms with Crippen LogP contribution in [0.4, 0.5) is 5.69 Å². The van der Waals surface area contributed by atoms with E-state index >= 15 is 0 Å². The first-order chi connectivity index (χ1) is 6.33. The summed E-state index contributed by atoms with van der Waals surface area (Å²) in [5.74, 6) is 0.0520. The van der Waals surface area contributed by atoms with Crippen LogP contribution in [-0.4, -0.2) is 5.91 Å². The van der Waals surface area contributed by atoms with Gasteiger partial charge >= 0.3 is 0 Å². The van der Waals surface area contributed by atoms with Gasteiger partial charge in [0.05, 0.1) is 0 Å². The summed E-state index contributed by atoms with van der Waals surface area (Å²) in [6.45, 7) is 1.83. The Labute approximate surface area is 75.0 Å². The molecular weight excluding hydrogens is 150 g/mol. The van der Waals surface area contributed by atoms with Crippen molar-refractivity contribution in [2.75, 3.05) is 5.32 Å². The van der Waals surface area contributed by atoms with Crippen LogP contribution in [0.3, 0.4) is 0 Å². The Hall–Kier alpha value is -1.31. The number of rotatable bonds is 2. The normalized spacial score (nSPS) is 9.00. The molecule has 0 radical (unpaired) electrons. The van der Waals surface area contributed by atoms with E-state index in [1.54, 1.807) is 0 Å². The number of benzene rings is 1. The minimum atomic E-state index is 0.0520. The lowest BCUT2D eigenvalue weighted by molar-refractivity contribution is -0.115. The Balaban J connectivity index is 0.000000671. The standard InChI is InChI=1S/C9H11NO.CH4/c1-2-9(11)10-8-6-4-3-5-7-8;/h3-7H,2H2,1H3,(H,10,11);1H4/i;1T. The quantitative estimate of drug-likeness (QED) is 0.720. The highest BCUT2D eigenvalue weighted by Crippen LogP contribution is 2.04. The minimum absolute atomic E-state index is 0.0520. The van der Waals surface area contributed by atoms with Gasteiger partial charge in [-0.15, -0.1) is 0 Å². The van der Waals surface area contributed by atoms with Crippen LogP contribution in [-0.2, 0) is 4.79 Å². The second-order valence-corrected chi connectivity index (χ2v) is 2.27. The second-order valence-electron chi connectivity index (χ2n) is 2.27. The Morgan fingerprint density at radius 1 is 1.50 bits per heavy atom. The molecule has 0 saturated carbocycles. The number of para-hydroxylation sites is 1. The summed E-state index contributed by atoms with van der Waals surface area (Å²) in [6.07, 6.45) is 0.523. The molecule has 0 aliphatic carbocycles. The van der Waals surface area contributed by atoms with Gasteiger partial charge in [-0.2, -0.15) is 0 Å². The first kappa shape index (κ1) is 8.78. The van der Waals surface area contributed by atoms with Crippen molar-refractivity contribution in [3.8, 4) is 0 Å². The number of carbonyl (C=O) groups is 1. The van der Waals surface area contributed by atoms with E-state index in [4.69, 9.17) is 1.37 Å². The van der Waals surface area contributed by atoms with Gasteiger partial charge in [0.2, 0.25) is 5.91 Å². The van der Waals surface area contributed by atoms with Crippen molar-refractivity contribution >= 4 is 11.6 Å². The van der Waals surface area contributed by atoms with Crippen LogP contribution < -0.4 is 5.32 Å². The van der Waals surface area contributed by atoms with Crippen LogP contribution in [0, 0.1) is 0 Å². The first-order valence-electron chi connectivity index (χ1n) is 4.68. The Morgan fingerprint density at radius 3 is 2.58 bits per heavy atom. The molecule has 12 heavy (non-hydrogen) atoms. The fraction of sp³-hybridized carbons (Fsp3) is 0.300. The van der Waals surface area contributed by atoms with E-state index in [-0.39, 0.29) is 5.91 Å². The monoisotopic (exact) mass is 167 g/mol. The summed E-state index contributed by atoms with van der Waals surface area (Å²) < 4.78 is 5.75. The zero-order valence-corrected chi connectivity index (χ0v) is 7.50. The Kier molecular flexibility index (Phi) is 3.92. The molecule has 1 aromatic carbocycles. The van der Waals surface area contributed by atoms with Gasteiger partial charge in [0.15, 0.2) is 0 Å². The zero-order valence-electron chi connectivity index (χ0n) is 8.50. The molecule has 0 aromatic heterocycles. The van der Waals surface area contributed by atoms with Crippen LogP contribution in [0.2, 0.25) is 0 Å². The van der Waals surface area contributed by atoms with Crippen molar-refractivity contribution in [3.05, 3.63) is 30.3 Å². The minimum Gasteiger partial charge on any atom is -0.326 e. The van der Waals surface area contributed by atoms with Crippen LogP contribution in [0.25, 0.3) is 0 Å². The molecule has 0 bridgehead atoms. The lowest BCUT2D eigenvalue weighted by Crippen LogP contribution is -2.08. The highest BCUT2D eigenvalue weighted by atomic mass is 16.1. The largest absolute Gasteiger partial charge is 0.326 e. The SMILES string of the molecule is CCC(=O)Nc1ccccc1.[3H]C. The molecule has 66 valence electrons. The summed E-state index contributed by atoms with van der Waals surface area (Å²) in [7, 11) is 1.25. The van der Waals surface area contributed by atoms with Gasteiger partial charge < -0.3 is 5.32 Å². The number of nitrogens with one attached hydrogen (secondary N) is 1. The molecule has 2 heteroatoms. The maximum Gasteiger partial charge on any atom is 0.224 e. The van der Waals surface area contributed by atoms with Crippen molar-refractivity contribution in [1.82, 2.24) is 0 Å². The second kappa shape index (κ2) is 5.35. The molecule has 0 aliphatic rings. The summed E-state index contributed by atoms with van der Waals surface area (Å²) >= 11 is 0. The third-order valence-electron chi connectivity index (χ3n) is 1.38. The van der Waals surface area contributed by atoms with Gasteiger partial charge in [-0.1, -0.05) is 32.5 Å². The third-order valence-corrected chi connectivity index (χ3v) is 1.38. The van der Waals surface area contributed by atoms with Crippen LogP contribution in [0.1, 0.15) is 22.1 Å². The summed E-state index contributed by atoms with van der Waals surface area (Å²) in [5.41, 5.74) is 0.861. The fourth-order valence-electron chi connectivity index (χ4n) is 0.771. The summed E-state index contributed by atoms with van der Waals surface area (Å²) in [5, 5.41) is 2.75. The van der Waals surface area contributed by atoms with Gasteiger partial charge in [0, 0.05) is 13.5 Å². The van der Waals surface area contributed by atoms with Crippen molar-refractivity contribution in [1.29, 1.82) is 0 Å². The molecule has 1 rings (SSSR count). The van der Waals surface area contributed by atoms with E-state index in [2.05, 4.69) is 5.32 Å². The van der Waals surface area contributed by atoms with Crippen molar-refractivity contribution in [2.45, 2.75) is 20.7 Å². The third kappa shape index (κ3) is 3.19. The van der Waals surface area contributed by atoms with E-state index < -0.39 is 0 Å². The predicted octanol–water partition coefficient (Wildman–Crippen LogP) is 2.67. The van der Waals surface area contributed by atoms with Gasteiger partial charge in [0.25, 0.3) is 0 Å². The van der Waals surface area contributed by atoms with Gasteiger partial charge in [0.1, 0.15) is 0 Å². The van der Waals surface area contributed by atoms with Crippen LogP contribution in [0.5, 0.6) is 0 Å². The average Bonchev–Trinajstić information content (AvgIpc) is 2.22. The predicted molar refractivity (Wildman–Crippen MR) is 52.1 cm³/mol. The van der Waals surface area contributed by atoms with E-state index in [1.165, 1.54) is 7.40 Å². The van der Waals surface area contributed by atoms with Gasteiger partial charge in [-0.25, -0.2) is 0 Å². The van der Waals surface area contributed by atoms with Crippen LogP contribution in [0.15, 0.2) is 30.3 Å². The topological polar surface area (TPSA) is 29.1 Å². The summed E-state index contributed by atoms with van der Waals surface area (Å²) in [6, 6.07) is 9.44. The smallest absolute Gasteiger partial charge is 0.224 e. The van der Waals surface area contributed by atoms with Gasteiger partial charge in [-0.3, -0.25) is 4.79 Å². The number of hydrogen-bond acceptors (Lipinski definition) is 1. The maximum absolute atomic E-state index is 10.9. The number of amides is 1.